The maximum atomic E-state index is 12.2. The zero-order valence-corrected chi connectivity index (χ0v) is 13.1. The van der Waals surface area contributed by atoms with Crippen LogP contribution in [0.3, 0.4) is 0 Å². The first-order valence-electron chi connectivity index (χ1n) is 5.20. The molecule has 8 heteroatoms. The van der Waals surface area contributed by atoms with E-state index in [9.17, 15) is 8.42 Å². The zero-order valence-electron chi connectivity index (χ0n) is 9.97. The van der Waals surface area contributed by atoms with Crippen LogP contribution in [-0.2, 0) is 10.0 Å². The summed E-state index contributed by atoms with van der Waals surface area (Å²) < 4.78 is 26.1. The fourth-order valence-corrected chi connectivity index (χ4v) is 3.34. The van der Waals surface area contributed by atoms with Gasteiger partial charge < -0.3 is 5.11 Å². The van der Waals surface area contributed by atoms with Crippen LogP contribution in [0.15, 0.2) is 21.6 Å². The molecule has 102 valence electrons. The SMILES string of the molecule is CC(O)CCN(C)S(=O)(=O)c1cc(Br)cnc1Cl. The summed E-state index contributed by atoms with van der Waals surface area (Å²) in [6, 6.07) is 1.41. The Hall–Kier alpha value is -0.210. The summed E-state index contributed by atoms with van der Waals surface area (Å²) in [5, 5.41) is 9.10. The molecule has 0 aliphatic rings. The molecule has 0 aromatic carbocycles. The molecule has 18 heavy (non-hydrogen) atoms. The van der Waals surface area contributed by atoms with Crippen molar-refractivity contribution in [2.45, 2.75) is 24.3 Å². The van der Waals surface area contributed by atoms with Crippen molar-refractivity contribution >= 4 is 37.6 Å². The summed E-state index contributed by atoms with van der Waals surface area (Å²) in [6.07, 6.45) is 1.23. The molecule has 0 amide bonds. The number of aromatic nitrogens is 1. The highest BCUT2D eigenvalue weighted by atomic mass is 79.9. The van der Waals surface area contributed by atoms with Gasteiger partial charge in [-0.1, -0.05) is 11.6 Å². The van der Waals surface area contributed by atoms with Crippen molar-refractivity contribution in [3.8, 4) is 0 Å². The lowest BCUT2D eigenvalue weighted by atomic mass is 10.3. The van der Waals surface area contributed by atoms with Crippen LogP contribution in [0, 0.1) is 0 Å². The van der Waals surface area contributed by atoms with Crippen molar-refractivity contribution in [2.75, 3.05) is 13.6 Å². The first-order chi connectivity index (χ1) is 8.25. The second-order valence-corrected chi connectivity index (χ2v) is 7.19. The van der Waals surface area contributed by atoms with Crippen LogP contribution >= 0.6 is 27.5 Å². The van der Waals surface area contributed by atoms with Crippen molar-refractivity contribution in [1.82, 2.24) is 9.29 Å². The predicted octanol–water partition coefficient (Wildman–Crippen LogP) is 1.89. The van der Waals surface area contributed by atoms with Crippen LogP contribution in [0.5, 0.6) is 0 Å². The number of nitrogens with zero attached hydrogens (tertiary/aromatic N) is 2. The van der Waals surface area contributed by atoms with Gasteiger partial charge in [0.05, 0.1) is 6.10 Å². The maximum absolute atomic E-state index is 12.2. The number of hydrogen-bond donors (Lipinski definition) is 1. The van der Waals surface area contributed by atoms with Crippen molar-refractivity contribution < 1.29 is 13.5 Å². The van der Waals surface area contributed by atoms with Crippen LogP contribution in [0.1, 0.15) is 13.3 Å². The molecule has 0 radical (unpaired) electrons. The number of rotatable bonds is 5. The van der Waals surface area contributed by atoms with Crippen LogP contribution in [0.2, 0.25) is 5.15 Å². The minimum Gasteiger partial charge on any atom is -0.393 e. The van der Waals surface area contributed by atoms with E-state index in [1.54, 1.807) is 6.92 Å². The molecule has 1 atom stereocenters. The molecule has 1 aromatic heterocycles. The number of halogens is 2. The molecule has 1 heterocycles. The largest absolute Gasteiger partial charge is 0.393 e. The Labute approximate surface area is 120 Å². The average molecular weight is 358 g/mol. The van der Waals surface area contributed by atoms with Gasteiger partial charge in [0.1, 0.15) is 10.0 Å². The van der Waals surface area contributed by atoms with E-state index in [1.807, 2.05) is 0 Å². The fourth-order valence-electron chi connectivity index (χ4n) is 1.24. The van der Waals surface area contributed by atoms with Gasteiger partial charge in [-0.05, 0) is 35.3 Å². The molecule has 1 unspecified atom stereocenters. The molecule has 0 aliphatic heterocycles. The van der Waals surface area contributed by atoms with E-state index in [-0.39, 0.29) is 16.6 Å². The Morgan fingerprint density at radius 2 is 2.22 bits per heavy atom. The van der Waals surface area contributed by atoms with E-state index in [4.69, 9.17) is 16.7 Å². The normalized spacial score (nSPS) is 13.9. The third-order valence-corrected chi connectivity index (χ3v) is 5.04. The predicted molar refractivity (Wildman–Crippen MR) is 73.1 cm³/mol. The third-order valence-electron chi connectivity index (χ3n) is 2.32. The Kier molecular flexibility index (Phi) is 5.54. The average Bonchev–Trinajstić information content (AvgIpc) is 2.28. The van der Waals surface area contributed by atoms with Crippen molar-refractivity contribution in [2.24, 2.45) is 0 Å². The lowest BCUT2D eigenvalue weighted by Gasteiger charge is -2.18. The van der Waals surface area contributed by atoms with Gasteiger partial charge in [-0.25, -0.2) is 17.7 Å². The Balaban J connectivity index is 3.02. The quantitative estimate of drug-likeness (QED) is 0.817. The van der Waals surface area contributed by atoms with E-state index in [0.29, 0.717) is 10.9 Å². The first kappa shape index (κ1) is 15.8. The van der Waals surface area contributed by atoms with Gasteiger partial charge in [-0.3, -0.25) is 0 Å². The second-order valence-electron chi connectivity index (χ2n) is 3.91. The monoisotopic (exact) mass is 356 g/mol. The molecule has 0 fully saturated rings. The highest BCUT2D eigenvalue weighted by molar-refractivity contribution is 9.10. The van der Waals surface area contributed by atoms with Crippen LogP contribution in [0.4, 0.5) is 0 Å². The van der Waals surface area contributed by atoms with Crippen LogP contribution < -0.4 is 0 Å². The number of aliphatic hydroxyl groups excluding tert-OH is 1. The van der Waals surface area contributed by atoms with E-state index < -0.39 is 16.1 Å². The number of sulfonamides is 1. The van der Waals surface area contributed by atoms with Crippen molar-refractivity contribution in [3.63, 3.8) is 0 Å². The minimum absolute atomic E-state index is 0.0494. The molecule has 0 saturated carbocycles. The van der Waals surface area contributed by atoms with E-state index in [0.717, 1.165) is 4.31 Å². The van der Waals surface area contributed by atoms with Gasteiger partial charge in [0.15, 0.2) is 0 Å². The third kappa shape index (κ3) is 3.89. The van der Waals surface area contributed by atoms with E-state index in [1.165, 1.54) is 19.3 Å². The molecule has 5 nitrogen and oxygen atoms in total. The lowest BCUT2D eigenvalue weighted by Crippen LogP contribution is -2.30. The van der Waals surface area contributed by atoms with Gasteiger partial charge in [0, 0.05) is 24.3 Å². The summed E-state index contributed by atoms with van der Waals surface area (Å²) in [5.41, 5.74) is 0. The van der Waals surface area contributed by atoms with Gasteiger partial charge in [0.2, 0.25) is 10.0 Å². The number of hydrogen-bond acceptors (Lipinski definition) is 4. The van der Waals surface area contributed by atoms with E-state index in [2.05, 4.69) is 20.9 Å². The summed E-state index contributed by atoms with van der Waals surface area (Å²) in [5.74, 6) is 0. The summed E-state index contributed by atoms with van der Waals surface area (Å²) >= 11 is 8.96. The number of aliphatic hydroxyl groups is 1. The van der Waals surface area contributed by atoms with Gasteiger partial charge >= 0.3 is 0 Å². The molecule has 1 rings (SSSR count). The molecule has 0 bridgehead atoms. The van der Waals surface area contributed by atoms with Crippen LogP contribution in [0.25, 0.3) is 0 Å². The molecular weight excluding hydrogens is 344 g/mol. The summed E-state index contributed by atoms with van der Waals surface area (Å²) in [4.78, 5) is 3.74. The lowest BCUT2D eigenvalue weighted by molar-refractivity contribution is 0.177. The zero-order chi connectivity index (χ0) is 13.9. The Bertz CT molecular complexity index is 522. The highest BCUT2D eigenvalue weighted by Gasteiger charge is 2.24. The second kappa shape index (κ2) is 6.29. The smallest absolute Gasteiger partial charge is 0.245 e. The molecule has 1 aromatic rings. The van der Waals surface area contributed by atoms with E-state index >= 15 is 0 Å². The molecule has 1 N–H and O–H groups in total. The Morgan fingerprint density at radius 1 is 1.61 bits per heavy atom. The van der Waals surface area contributed by atoms with Crippen molar-refractivity contribution in [3.05, 3.63) is 21.9 Å². The standard InChI is InChI=1S/C10H14BrClN2O3S/c1-7(15)3-4-14(2)18(16,17)9-5-8(11)6-13-10(9)12/h5-7,15H,3-4H2,1-2H3. The minimum atomic E-state index is -3.69. The highest BCUT2D eigenvalue weighted by Crippen LogP contribution is 2.25. The molecule has 0 aliphatic carbocycles. The maximum Gasteiger partial charge on any atom is 0.245 e. The number of pyridine rings is 1. The summed E-state index contributed by atoms with van der Waals surface area (Å²) in [7, 11) is -2.25. The van der Waals surface area contributed by atoms with Crippen molar-refractivity contribution in [1.29, 1.82) is 0 Å². The first-order valence-corrected chi connectivity index (χ1v) is 7.81. The van der Waals surface area contributed by atoms with Gasteiger partial charge in [-0.2, -0.15) is 0 Å². The molecule has 0 spiro atoms. The molecular formula is C10H14BrClN2O3S. The Morgan fingerprint density at radius 3 is 2.78 bits per heavy atom. The summed E-state index contributed by atoms with van der Waals surface area (Å²) in [6.45, 7) is 1.82. The van der Waals surface area contributed by atoms with Gasteiger partial charge in [0.25, 0.3) is 0 Å². The molecule has 0 saturated heterocycles. The van der Waals surface area contributed by atoms with Gasteiger partial charge in [-0.15, -0.1) is 0 Å². The topological polar surface area (TPSA) is 70.5 Å². The van der Waals surface area contributed by atoms with Crippen LogP contribution in [-0.4, -0.2) is 42.5 Å². The fraction of sp³-hybridized carbons (Fsp3) is 0.500.